The van der Waals surface area contributed by atoms with E-state index in [1.165, 1.54) is 48.9 Å². The lowest BCUT2D eigenvalue weighted by atomic mass is 9.90. The summed E-state index contributed by atoms with van der Waals surface area (Å²) in [7, 11) is 0. The zero-order chi connectivity index (χ0) is 17.2. The van der Waals surface area contributed by atoms with Gasteiger partial charge in [0.15, 0.2) is 5.76 Å². The van der Waals surface area contributed by atoms with Crippen molar-refractivity contribution in [3.63, 3.8) is 0 Å². The Balaban J connectivity index is 1.53. The highest BCUT2D eigenvalue weighted by Crippen LogP contribution is 2.36. The lowest BCUT2D eigenvalue weighted by Crippen LogP contribution is -2.37. The third-order valence-electron chi connectivity index (χ3n) is 5.83. The highest BCUT2D eigenvalue weighted by molar-refractivity contribution is 5.95. The second kappa shape index (κ2) is 7.11. The van der Waals surface area contributed by atoms with Crippen molar-refractivity contribution >= 4 is 17.7 Å². The number of nitrogens with zero attached hydrogens (tertiary/aromatic N) is 1. The van der Waals surface area contributed by atoms with E-state index in [0.29, 0.717) is 0 Å². The van der Waals surface area contributed by atoms with Gasteiger partial charge in [0.2, 0.25) is 0 Å². The van der Waals surface area contributed by atoms with Crippen LogP contribution in [0, 0.1) is 0 Å². The Morgan fingerprint density at radius 3 is 2.32 bits per heavy atom. The summed E-state index contributed by atoms with van der Waals surface area (Å²) in [6.45, 7) is 2.31. The van der Waals surface area contributed by atoms with Crippen LogP contribution < -0.4 is 10.2 Å². The Morgan fingerprint density at radius 1 is 1.04 bits per heavy atom. The van der Waals surface area contributed by atoms with Crippen LogP contribution >= 0.6 is 0 Å². The number of aliphatic hydroxyl groups is 1. The fourth-order valence-corrected chi connectivity index (χ4v) is 4.64. The van der Waals surface area contributed by atoms with E-state index in [2.05, 4.69) is 22.3 Å². The minimum atomic E-state index is -0.333. The number of nitrogens with one attached hydrogen (secondary N) is 1. The maximum atomic E-state index is 12.3. The molecule has 4 heteroatoms. The summed E-state index contributed by atoms with van der Waals surface area (Å²) in [5.74, 6) is -0.499. The summed E-state index contributed by atoms with van der Waals surface area (Å²) in [6.07, 6.45) is 11.8. The quantitative estimate of drug-likeness (QED) is 0.651. The van der Waals surface area contributed by atoms with Crippen LogP contribution in [0.4, 0.5) is 5.69 Å². The summed E-state index contributed by atoms with van der Waals surface area (Å²) < 4.78 is 0. The molecule has 2 aliphatic heterocycles. The highest BCUT2D eigenvalue weighted by atomic mass is 16.3. The average Bonchev–Trinajstić information content (AvgIpc) is 2.63. The van der Waals surface area contributed by atoms with E-state index in [1.807, 2.05) is 0 Å². The van der Waals surface area contributed by atoms with Crippen LogP contribution in [-0.2, 0) is 17.6 Å². The van der Waals surface area contributed by atoms with Crippen molar-refractivity contribution in [2.75, 3.05) is 18.0 Å². The van der Waals surface area contributed by atoms with Gasteiger partial charge in [0.05, 0.1) is 0 Å². The smallest absolute Gasteiger partial charge is 0.286 e. The van der Waals surface area contributed by atoms with E-state index in [1.54, 1.807) is 6.08 Å². The summed E-state index contributed by atoms with van der Waals surface area (Å²) in [5, 5.41) is 13.3. The Morgan fingerprint density at radius 2 is 1.68 bits per heavy atom. The van der Waals surface area contributed by atoms with E-state index in [9.17, 15) is 9.90 Å². The summed E-state index contributed by atoms with van der Waals surface area (Å²) in [5.41, 5.74) is 5.11. The summed E-state index contributed by atoms with van der Waals surface area (Å²) in [6, 6.07) is 4.52. The molecule has 1 fully saturated rings. The minimum Gasteiger partial charge on any atom is -0.503 e. The van der Waals surface area contributed by atoms with Crippen molar-refractivity contribution in [3.8, 4) is 0 Å². The number of aliphatic hydroxyl groups excluding tert-OH is 1. The number of hydrogen-bond acceptors (Lipinski definition) is 3. The minimum absolute atomic E-state index is 0.166. The van der Waals surface area contributed by atoms with Crippen molar-refractivity contribution in [2.45, 2.75) is 63.8 Å². The molecule has 4 rings (SSSR count). The van der Waals surface area contributed by atoms with Crippen LogP contribution in [0.3, 0.4) is 0 Å². The molecule has 0 unspecified atom stereocenters. The number of aryl methyl sites for hydroxylation is 2. The molecule has 0 bridgehead atoms. The molecule has 2 N–H and O–H groups in total. The predicted octanol–water partition coefficient (Wildman–Crippen LogP) is 3.73. The number of anilines is 1. The van der Waals surface area contributed by atoms with Gasteiger partial charge in [-0.1, -0.05) is 19.3 Å². The van der Waals surface area contributed by atoms with E-state index in [4.69, 9.17) is 0 Å². The number of rotatable bonds is 3. The summed E-state index contributed by atoms with van der Waals surface area (Å²) >= 11 is 0. The molecular formula is C21H28N2O2. The van der Waals surface area contributed by atoms with Gasteiger partial charge in [-0.25, -0.2) is 0 Å². The van der Waals surface area contributed by atoms with Crippen molar-refractivity contribution in [1.82, 2.24) is 5.32 Å². The molecular weight excluding hydrogens is 312 g/mol. The molecule has 0 atom stereocenters. The lowest BCUT2D eigenvalue weighted by Gasteiger charge is -2.37. The van der Waals surface area contributed by atoms with Crippen LogP contribution in [0.1, 0.15) is 61.6 Å². The SMILES string of the molecule is O=C(NC1CCCCC1)/C(O)=C\c1cc2c3c(c1)CCCN3CCC2. The standard InChI is InChI=1S/C21H28N2O2/c24-19(21(25)22-18-8-2-1-3-9-18)14-15-12-16-6-4-10-23-11-5-7-17(13-15)20(16)23/h12-14,18,24H,1-11H2,(H,22,25)/b19-14+. The topological polar surface area (TPSA) is 52.6 Å². The molecule has 0 spiro atoms. The molecule has 0 aromatic heterocycles. The monoisotopic (exact) mass is 340 g/mol. The fourth-order valence-electron chi connectivity index (χ4n) is 4.64. The largest absolute Gasteiger partial charge is 0.503 e. The third-order valence-corrected chi connectivity index (χ3v) is 5.83. The first-order valence-corrected chi connectivity index (χ1v) is 9.83. The molecule has 0 radical (unpaired) electrons. The van der Waals surface area contributed by atoms with Crippen molar-refractivity contribution in [3.05, 3.63) is 34.6 Å². The first-order chi connectivity index (χ1) is 12.2. The maximum absolute atomic E-state index is 12.3. The molecule has 1 aliphatic carbocycles. The van der Waals surface area contributed by atoms with Gasteiger partial charge in [0.1, 0.15) is 0 Å². The molecule has 1 aromatic rings. The van der Waals surface area contributed by atoms with E-state index in [-0.39, 0.29) is 17.7 Å². The first-order valence-electron chi connectivity index (χ1n) is 9.83. The zero-order valence-electron chi connectivity index (χ0n) is 14.9. The number of carbonyl (C=O) groups is 1. The molecule has 1 saturated carbocycles. The molecule has 0 saturated heterocycles. The van der Waals surface area contributed by atoms with E-state index >= 15 is 0 Å². The Bertz CT molecular complexity index is 658. The van der Waals surface area contributed by atoms with Gasteiger partial charge in [-0.3, -0.25) is 4.79 Å². The Labute approximate surface area is 149 Å². The zero-order valence-corrected chi connectivity index (χ0v) is 14.9. The van der Waals surface area contributed by atoms with E-state index < -0.39 is 0 Å². The second-order valence-corrected chi connectivity index (χ2v) is 7.72. The van der Waals surface area contributed by atoms with Gasteiger partial charge in [-0.15, -0.1) is 0 Å². The van der Waals surface area contributed by atoms with E-state index in [0.717, 1.165) is 44.3 Å². The van der Waals surface area contributed by atoms with Gasteiger partial charge in [-0.2, -0.15) is 0 Å². The lowest BCUT2D eigenvalue weighted by molar-refractivity contribution is -0.120. The number of carbonyl (C=O) groups excluding carboxylic acids is 1. The Kier molecular flexibility index (Phi) is 4.69. The average molecular weight is 340 g/mol. The van der Waals surface area contributed by atoms with Gasteiger partial charge in [-0.05, 0) is 73.4 Å². The van der Waals surface area contributed by atoms with Gasteiger partial charge < -0.3 is 15.3 Å². The molecule has 1 aromatic carbocycles. The van der Waals surface area contributed by atoms with Gasteiger partial charge >= 0.3 is 0 Å². The van der Waals surface area contributed by atoms with Crippen LogP contribution in [0.5, 0.6) is 0 Å². The first kappa shape index (κ1) is 16.5. The normalized spacial score (nSPS) is 21.0. The number of benzene rings is 1. The molecule has 2 heterocycles. The molecule has 25 heavy (non-hydrogen) atoms. The number of hydrogen-bond donors (Lipinski definition) is 2. The van der Waals surface area contributed by atoms with Gasteiger partial charge in [0, 0.05) is 24.8 Å². The van der Waals surface area contributed by atoms with Crippen LogP contribution in [0.15, 0.2) is 17.9 Å². The molecule has 4 nitrogen and oxygen atoms in total. The predicted molar refractivity (Wildman–Crippen MR) is 101 cm³/mol. The Hall–Kier alpha value is -1.97. The second-order valence-electron chi connectivity index (χ2n) is 7.72. The highest BCUT2D eigenvalue weighted by Gasteiger charge is 2.24. The van der Waals surface area contributed by atoms with Crippen molar-refractivity contribution < 1.29 is 9.90 Å². The van der Waals surface area contributed by atoms with Crippen molar-refractivity contribution in [1.29, 1.82) is 0 Å². The summed E-state index contributed by atoms with van der Waals surface area (Å²) in [4.78, 5) is 14.8. The van der Waals surface area contributed by atoms with Gasteiger partial charge in [0.25, 0.3) is 5.91 Å². The van der Waals surface area contributed by atoms with Crippen LogP contribution in [0.25, 0.3) is 6.08 Å². The van der Waals surface area contributed by atoms with Crippen molar-refractivity contribution in [2.24, 2.45) is 0 Å². The van der Waals surface area contributed by atoms with Crippen LogP contribution in [-0.4, -0.2) is 30.1 Å². The molecule has 3 aliphatic rings. The number of amides is 1. The molecule has 1 amide bonds. The van der Waals surface area contributed by atoms with Crippen LogP contribution in [0.2, 0.25) is 0 Å². The molecule has 134 valence electrons. The fraction of sp³-hybridized carbons (Fsp3) is 0.571. The maximum Gasteiger partial charge on any atom is 0.286 e. The third kappa shape index (κ3) is 3.53.